The van der Waals surface area contributed by atoms with Crippen LogP contribution in [0.3, 0.4) is 0 Å². The number of methoxy groups -OCH3 is 1. The molecular weight excluding hydrogens is 364 g/mol. The number of amides is 1. The van der Waals surface area contributed by atoms with Crippen molar-refractivity contribution in [1.82, 2.24) is 5.32 Å². The van der Waals surface area contributed by atoms with E-state index in [9.17, 15) is 14.8 Å². The van der Waals surface area contributed by atoms with E-state index in [1.165, 1.54) is 7.11 Å². The van der Waals surface area contributed by atoms with Gasteiger partial charge in [-0.1, -0.05) is 31.5 Å². The fourth-order valence-electron chi connectivity index (χ4n) is 3.09. The normalized spacial score (nSPS) is 11.9. The highest BCUT2D eigenvalue weighted by atomic mass is 32.2. The van der Waals surface area contributed by atoms with Crippen molar-refractivity contribution in [1.29, 1.82) is 0 Å². The fraction of sp³-hybridized carbons (Fsp3) is 0.400. The van der Waals surface area contributed by atoms with Gasteiger partial charge in [-0.25, -0.2) is 4.79 Å². The molecule has 0 aliphatic carbocycles. The van der Waals surface area contributed by atoms with Crippen molar-refractivity contribution >= 4 is 40.1 Å². The van der Waals surface area contributed by atoms with Gasteiger partial charge in [0.1, 0.15) is 6.04 Å². The highest BCUT2D eigenvalue weighted by Crippen LogP contribution is 2.28. The average Bonchev–Trinajstić information content (AvgIpc) is 2.69. The molecule has 0 saturated heterocycles. The lowest BCUT2D eigenvalue weighted by atomic mass is 9.95. The number of rotatable bonds is 9. The number of esters is 1. The van der Waals surface area contributed by atoms with Gasteiger partial charge in [-0.15, -0.1) is 0 Å². The molecule has 7 heteroatoms. The van der Waals surface area contributed by atoms with Gasteiger partial charge in [-0.05, 0) is 53.3 Å². The summed E-state index contributed by atoms with van der Waals surface area (Å²) in [5.74, 6) is -0.107. The summed E-state index contributed by atoms with van der Waals surface area (Å²) in [5, 5.41) is 13.8. The van der Waals surface area contributed by atoms with E-state index in [-0.39, 0.29) is 5.91 Å². The van der Waals surface area contributed by atoms with Crippen LogP contribution in [0, 0.1) is 0 Å². The van der Waals surface area contributed by atoms with Gasteiger partial charge in [0, 0.05) is 5.56 Å². The van der Waals surface area contributed by atoms with E-state index in [0.29, 0.717) is 17.7 Å². The lowest BCUT2D eigenvalue weighted by Crippen LogP contribution is -2.42. The minimum absolute atomic E-state index is 0.364. The quantitative estimate of drug-likeness (QED) is 0.448. The number of carbonyl (C=O) groups excluding carboxylic acids is 2. The van der Waals surface area contributed by atoms with Gasteiger partial charge in [-0.2, -0.15) is 11.8 Å². The Morgan fingerprint density at radius 1 is 1.30 bits per heavy atom. The van der Waals surface area contributed by atoms with Crippen LogP contribution < -0.4 is 10.8 Å². The third-order valence-corrected chi connectivity index (χ3v) is 5.00. The number of hydrogen-bond donors (Lipinski definition) is 3. The summed E-state index contributed by atoms with van der Waals surface area (Å²) in [6.45, 7) is 2.08. The molecule has 0 bridgehead atoms. The van der Waals surface area contributed by atoms with Gasteiger partial charge in [0.25, 0.3) is 5.91 Å². The van der Waals surface area contributed by atoms with Gasteiger partial charge < -0.3 is 10.1 Å². The van der Waals surface area contributed by atoms with Crippen molar-refractivity contribution < 1.29 is 19.5 Å². The Morgan fingerprint density at radius 3 is 2.70 bits per heavy atom. The number of aryl methyl sites for hydroxylation is 1. The van der Waals surface area contributed by atoms with E-state index in [1.807, 2.05) is 24.5 Å². The maximum Gasteiger partial charge on any atom is 0.328 e. The van der Waals surface area contributed by atoms with Crippen molar-refractivity contribution in [2.24, 2.45) is 0 Å². The highest BCUT2D eigenvalue weighted by Gasteiger charge is 2.23. The van der Waals surface area contributed by atoms with Crippen molar-refractivity contribution in [3.05, 3.63) is 41.5 Å². The van der Waals surface area contributed by atoms with E-state index < -0.39 is 12.0 Å². The van der Waals surface area contributed by atoms with Crippen LogP contribution in [0.15, 0.2) is 30.3 Å². The zero-order valence-electron chi connectivity index (χ0n) is 15.9. The van der Waals surface area contributed by atoms with Crippen molar-refractivity contribution in [3.63, 3.8) is 0 Å². The zero-order valence-corrected chi connectivity index (χ0v) is 16.7. The molecule has 0 fully saturated rings. The van der Waals surface area contributed by atoms with Crippen LogP contribution in [-0.2, 0) is 16.0 Å². The van der Waals surface area contributed by atoms with Crippen molar-refractivity contribution in [2.75, 3.05) is 24.6 Å². The number of fused-ring (bicyclic) bond motifs is 1. The maximum atomic E-state index is 13.0. The molecule has 0 spiro atoms. The summed E-state index contributed by atoms with van der Waals surface area (Å²) in [6, 6.07) is 8.51. The molecule has 1 amide bonds. The fourth-order valence-corrected chi connectivity index (χ4v) is 3.56. The molecule has 0 aliphatic heterocycles. The highest BCUT2D eigenvalue weighted by molar-refractivity contribution is 7.98. The number of hydrogen-bond acceptors (Lipinski definition) is 6. The van der Waals surface area contributed by atoms with Gasteiger partial charge in [0.15, 0.2) is 0 Å². The van der Waals surface area contributed by atoms with Crippen LogP contribution in [0.5, 0.6) is 0 Å². The number of thioether (sulfide) groups is 1. The molecule has 0 saturated carbocycles. The van der Waals surface area contributed by atoms with Crippen molar-refractivity contribution in [2.45, 2.75) is 32.2 Å². The lowest BCUT2D eigenvalue weighted by Gasteiger charge is -2.18. The lowest BCUT2D eigenvalue weighted by molar-refractivity contribution is -0.142. The molecule has 0 radical (unpaired) electrons. The number of benzene rings is 2. The van der Waals surface area contributed by atoms with E-state index >= 15 is 0 Å². The number of ether oxygens (including phenoxy) is 1. The second-order valence-electron chi connectivity index (χ2n) is 6.23. The van der Waals surface area contributed by atoms with Gasteiger partial charge in [0.2, 0.25) is 0 Å². The predicted molar refractivity (Wildman–Crippen MR) is 110 cm³/mol. The number of carbonyl (C=O) groups is 2. The van der Waals surface area contributed by atoms with Crippen LogP contribution in [0.2, 0.25) is 0 Å². The minimum Gasteiger partial charge on any atom is -0.467 e. The van der Waals surface area contributed by atoms with Crippen LogP contribution in [0.25, 0.3) is 10.8 Å². The molecule has 2 aromatic carbocycles. The second-order valence-corrected chi connectivity index (χ2v) is 7.22. The Kier molecular flexibility index (Phi) is 7.94. The molecule has 0 aromatic heterocycles. The van der Waals surface area contributed by atoms with Gasteiger partial charge in [-0.3, -0.25) is 15.5 Å². The first-order valence-corrected chi connectivity index (χ1v) is 10.3. The third kappa shape index (κ3) is 5.14. The Balaban J connectivity index is 2.47. The summed E-state index contributed by atoms with van der Waals surface area (Å²) in [7, 11) is 1.31. The Labute approximate surface area is 163 Å². The SMILES string of the molecule is CCCc1cccc2cc(NO)cc(C(=O)N[C@@H](CCSC)C(=O)OC)c12. The summed E-state index contributed by atoms with van der Waals surface area (Å²) < 4.78 is 4.83. The first-order chi connectivity index (χ1) is 13.0. The molecule has 6 nitrogen and oxygen atoms in total. The summed E-state index contributed by atoms with van der Waals surface area (Å²) in [5.41, 5.74) is 4.01. The summed E-state index contributed by atoms with van der Waals surface area (Å²) in [4.78, 5) is 25.1. The molecule has 3 N–H and O–H groups in total. The first-order valence-electron chi connectivity index (χ1n) is 8.89. The largest absolute Gasteiger partial charge is 0.467 e. The van der Waals surface area contributed by atoms with E-state index in [1.54, 1.807) is 23.9 Å². The summed E-state index contributed by atoms with van der Waals surface area (Å²) >= 11 is 1.60. The van der Waals surface area contributed by atoms with Gasteiger partial charge >= 0.3 is 5.97 Å². The molecular formula is C20H26N2O4S. The molecule has 146 valence electrons. The monoisotopic (exact) mass is 390 g/mol. The van der Waals surface area contributed by atoms with Crippen LogP contribution in [-0.4, -0.2) is 42.2 Å². The topological polar surface area (TPSA) is 87.7 Å². The predicted octanol–water partition coefficient (Wildman–Crippen LogP) is 3.62. The van der Waals surface area contributed by atoms with E-state index in [0.717, 1.165) is 34.9 Å². The molecule has 2 aromatic rings. The standard InChI is InChI=1S/C20H26N2O4S/c1-4-6-13-7-5-8-14-11-15(22-25)12-16(18(13)14)19(23)21-17(9-10-27-3)20(24)26-2/h5,7-8,11-12,17,22,25H,4,6,9-10H2,1-3H3,(H,21,23)/t17-/m0/s1. The van der Waals surface area contributed by atoms with Gasteiger partial charge in [0.05, 0.1) is 12.8 Å². The van der Waals surface area contributed by atoms with E-state index in [2.05, 4.69) is 17.7 Å². The number of nitrogens with one attached hydrogen (secondary N) is 2. The Morgan fingerprint density at radius 2 is 2.07 bits per heavy atom. The van der Waals surface area contributed by atoms with Crippen molar-refractivity contribution in [3.8, 4) is 0 Å². The Hall–Kier alpha value is -2.25. The third-order valence-electron chi connectivity index (χ3n) is 4.36. The number of anilines is 1. The minimum atomic E-state index is -0.714. The molecule has 27 heavy (non-hydrogen) atoms. The Bertz CT molecular complexity index is 810. The van der Waals surface area contributed by atoms with E-state index in [4.69, 9.17) is 4.74 Å². The average molecular weight is 391 g/mol. The smallest absolute Gasteiger partial charge is 0.328 e. The zero-order chi connectivity index (χ0) is 19.8. The maximum absolute atomic E-state index is 13.0. The van der Waals surface area contributed by atoms with Crippen LogP contribution in [0.1, 0.15) is 35.7 Å². The molecule has 0 aliphatic rings. The first kappa shape index (κ1) is 21.1. The molecule has 1 atom stereocenters. The van der Waals surface area contributed by atoms with Crippen LogP contribution in [0.4, 0.5) is 5.69 Å². The molecule has 2 rings (SSSR count). The second kappa shape index (κ2) is 10.2. The molecule has 0 unspecified atom stereocenters. The van der Waals surface area contributed by atoms with Crippen LogP contribution >= 0.6 is 11.8 Å². The molecule has 0 heterocycles. The summed E-state index contributed by atoms with van der Waals surface area (Å²) in [6.07, 6.45) is 4.20.